The summed E-state index contributed by atoms with van der Waals surface area (Å²) >= 11 is 1.10. The van der Waals surface area contributed by atoms with Gasteiger partial charge in [-0.1, -0.05) is 11.3 Å². The normalized spacial score (nSPS) is 10.8. The number of nitrogens with zero attached hydrogens (tertiary/aromatic N) is 4. The fourth-order valence-electron chi connectivity index (χ4n) is 1.19. The maximum atomic E-state index is 11.5. The second-order valence-electron chi connectivity index (χ2n) is 3.44. The average molecular weight is 296 g/mol. The first-order valence-electron chi connectivity index (χ1n) is 5.18. The molecule has 0 spiro atoms. The summed E-state index contributed by atoms with van der Waals surface area (Å²) in [5.41, 5.74) is 7.60. The van der Waals surface area contributed by atoms with Crippen molar-refractivity contribution in [2.24, 2.45) is 5.10 Å². The number of nitrogens with one attached hydrogen (secondary N) is 1. The van der Waals surface area contributed by atoms with Gasteiger partial charge in [0.15, 0.2) is 5.76 Å². The Labute approximate surface area is 115 Å². The van der Waals surface area contributed by atoms with E-state index in [0.29, 0.717) is 5.01 Å². The molecule has 20 heavy (non-hydrogen) atoms. The molecule has 2 heterocycles. The number of furan rings is 1. The smallest absolute Gasteiger partial charge is 0.400 e. The standard InChI is InChI=1S/C9H8N6O4S/c10-9-14-13-7(20-9)3-6(16)12-11-4-5-1-2-8(19-5)15(17)18/h1-2,4H,3H2,(H2,10,14)(H,12,16)/b11-4-. The quantitative estimate of drug-likeness (QED) is 0.458. The zero-order chi connectivity index (χ0) is 14.5. The fraction of sp³-hybridized carbons (Fsp3) is 0.111. The second kappa shape index (κ2) is 5.88. The van der Waals surface area contributed by atoms with E-state index in [-0.39, 0.29) is 17.3 Å². The van der Waals surface area contributed by atoms with E-state index in [1.165, 1.54) is 12.1 Å². The number of hydrogen-bond acceptors (Lipinski definition) is 9. The van der Waals surface area contributed by atoms with Crippen molar-refractivity contribution < 1.29 is 14.1 Å². The van der Waals surface area contributed by atoms with E-state index >= 15 is 0 Å². The summed E-state index contributed by atoms with van der Waals surface area (Å²) in [6, 6.07) is 2.55. The molecule has 0 atom stereocenters. The maximum absolute atomic E-state index is 11.5. The van der Waals surface area contributed by atoms with E-state index in [1.807, 2.05) is 0 Å². The number of nitrogens with two attached hydrogens (primary N) is 1. The monoisotopic (exact) mass is 296 g/mol. The van der Waals surface area contributed by atoms with Crippen LogP contribution >= 0.6 is 11.3 Å². The molecule has 3 N–H and O–H groups in total. The van der Waals surface area contributed by atoms with Gasteiger partial charge in [0.1, 0.15) is 9.93 Å². The molecule has 0 radical (unpaired) electrons. The molecule has 0 aliphatic carbocycles. The summed E-state index contributed by atoms with van der Waals surface area (Å²) in [5, 5.41) is 22.0. The number of carbonyl (C=O) groups excluding carboxylic acids is 1. The van der Waals surface area contributed by atoms with Gasteiger partial charge in [-0.2, -0.15) is 5.10 Å². The average Bonchev–Trinajstić information content (AvgIpc) is 2.99. The van der Waals surface area contributed by atoms with Crippen LogP contribution in [0, 0.1) is 10.1 Å². The molecule has 2 rings (SSSR count). The Morgan fingerprint density at radius 3 is 3.00 bits per heavy atom. The number of rotatable bonds is 5. The minimum Gasteiger partial charge on any atom is -0.400 e. The lowest BCUT2D eigenvalue weighted by molar-refractivity contribution is -0.402. The maximum Gasteiger partial charge on any atom is 0.433 e. The SMILES string of the molecule is Nc1nnc(CC(=O)N/N=C\c2ccc([N+](=O)[O-])o2)s1. The van der Waals surface area contributed by atoms with E-state index in [0.717, 1.165) is 17.6 Å². The van der Waals surface area contributed by atoms with Crippen molar-refractivity contribution in [1.82, 2.24) is 15.6 Å². The van der Waals surface area contributed by atoms with E-state index in [9.17, 15) is 14.9 Å². The Balaban J connectivity index is 1.86. The Bertz CT molecular complexity index is 663. The topological polar surface area (TPSA) is 150 Å². The Morgan fingerprint density at radius 2 is 2.40 bits per heavy atom. The van der Waals surface area contributed by atoms with Crippen LogP contribution < -0.4 is 11.2 Å². The Hall–Kier alpha value is -2.82. The number of anilines is 1. The number of hydrazone groups is 1. The van der Waals surface area contributed by atoms with Gasteiger partial charge in [-0.05, 0) is 6.07 Å². The summed E-state index contributed by atoms with van der Waals surface area (Å²) in [6.45, 7) is 0. The summed E-state index contributed by atoms with van der Waals surface area (Å²) in [4.78, 5) is 21.2. The highest BCUT2D eigenvalue weighted by Crippen LogP contribution is 2.13. The van der Waals surface area contributed by atoms with Crippen molar-refractivity contribution in [2.45, 2.75) is 6.42 Å². The van der Waals surface area contributed by atoms with Gasteiger partial charge in [0.25, 0.3) is 0 Å². The van der Waals surface area contributed by atoms with Gasteiger partial charge in [0.2, 0.25) is 11.0 Å². The molecule has 11 heteroatoms. The molecule has 0 fully saturated rings. The van der Waals surface area contributed by atoms with Crippen LogP contribution in [0.1, 0.15) is 10.8 Å². The number of nitro groups is 1. The minimum absolute atomic E-state index is 0.00942. The van der Waals surface area contributed by atoms with Gasteiger partial charge >= 0.3 is 5.88 Å². The van der Waals surface area contributed by atoms with Crippen molar-refractivity contribution in [1.29, 1.82) is 0 Å². The lowest BCUT2D eigenvalue weighted by Crippen LogP contribution is -2.19. The summed E-state index contributed by atoms with van der Waals surface area (Å²) in [7, 11) is 0. The van der Waals surface area contributed by atoms with Crippen LogP contribution in [0.25, 0.3) is 0 Å². The van der Waals surface area contributed by atoms with E-state index in [2.05, 4.69) is 20.7 Å². The first kappa shape index (κ1) is 13.6. The minimum atomic E-state index is -0.671. The molecule has 0 aromatic carbocycles. The van der Waals surface area contributed by atoms with Crippen molar-refractivity contribution in [3.8, 4) is 0 Å². The third-order valence-electron chi connectivity index (χ3n) is 1.97. The predicted octanol–water partition coefficient (Wildman–Crippen LogP) is 0.314. The highest BCUT2D eigenvalue weighted by Gasteiger charge is 2.10. The van der Waals surface area contributed by atoms with Gasteiger partial charge in [-0.15, -0.1) is 10.2 Å². The van der Waals surface area contributed by atoms with Crippen LogP contribution in [-0.4, -0.2) is 27.2 Å². The molecule has 10 nitrogen and oxygen atoms in total. The van der Waals surface area contributed by atoms with Crippen LogP contribution in [-0.2, 0) is 11.2 Å². The molecule has 2 aromatic heterocycles. The van der Waals surface area contributed by atoms with Gasteiger partial charge in [-0.25, -0.2) is 5.43 Å². The van der Waals surface area contributed by atoms with Crippen LogP contribution in [0.15, 0.2) is 21.7 Å². The lowest BCUT2D eigenvalue weighted by atomic mass is 10.4. The molecular weight excluding hydrogens is 288 g/mol. The Kier molecular flexibility index (Phi) is 4.00. The molecule has 0 aliphatic heterocycles. The second-order valence-corrected chi connectivity index (χ2v) is 4.53. The van der Waals surface area contributed by atoms with E-state index < -0.39 is 16.7 Å². The van der Waals surface area contributed by atoms with Crippen molar-refractivity contribution in [2.75, 3.05) is 5.73 Å². The first-order valence-corrected chi connectivity index (χ1v) is 6.00. The Morgan fingerprint density at radius 1 is 1.60 bits per heavy atom. The van der Waals surface area contributed by atoms with E-state index in [1.54, 1.807) is 0 Å². The number of nitrogen functional groups attached to an aromatic ring is 1. The lowest BCUT2D eigenvalue weighted by Gasteiger charge is -1.94. The number of amides is 1. The first-order chi connectivity index (χ1) is 9.54. The molecule has 0 unspecified atom stereocenters. The number of aromatic nitrogens is 2. The summed E-state index contributed by atoms with van der Waals surface area (Å²) in [5.74, 6) is -0.669. The molecule has 1 amide bonds. The largest absolute Gasteiger partial charge is 0.433 e. The predicted molar refractivity (Wildman–Crippen MR) is 69.1 cm³/mol. The van der Waals surface area contributed by atoms with Crippen LogP contribution in [0.5, 0.6) is 0 Å². The highest BCUT2D eigenvalue weighted by atomic mass is 32.1. The highest BCUT2D eigenvalue weighted by molar-refractivity contribution is 7.15. The van der Waals surface area contributed by atoms with Crippen molar-refractivity contribution >= 4 is 34.5 Å². The summed E-state index contributed by atoms with van der Waals surface area (Å²) in [6.07, 6.45) is 1.14. The molecule has 0 saturated heterocycles. The van der Waals surface area contributed by atoms with E-state index in [4.69, 9.17) is 10.2 Å². The van der Waals surface area contributed by atoms with Gasteiger partial charge < -0.3 is 10.2 Å². The zero-order valence-corrected chi connectivity index (χ0v) is 10.7. The molecule has 0 bridgehead atoms. The number of carbonyl (C=O) groups is 1. The molecule has 0 aliphatic rings. The fourth-order valence-corrected chi connectivity index (χ4v) is 1.80. The van der Waals surface area contributed by atoms with Crippen LogP contribution in [0.2, 0.25) is 0 Å². The number of hydrogen-bond donors (Lipinski definition) is 2. The molecule has 2 aromatic rings. The summed E-state index contributed by atoms with van der Waals surface area (Å²) < 4.78 is 4.81. The zero-order valence-electron chi connectivity index (χ0n) is 9.85. The van der Waals surface area contributed by atoms with Crippen LogP contribution in [0.4, 0.5) is 11.0 Å². The molecular formula is C9H8N6O4S. The van der Waals surface area contributed by atoms with Gasteiger partial charge in [0.05, 0.1) is 18.7 Å². The van der Waals surface area contributed by atoms with Gasteiger partial charge in [0, 0.05) is 0 Å². The van der Waals surface area contributed by atoms with Gasteiger partial charge in [-0.3, -0.25) is 14.9 Å². The molecule has 104 valence electrons. The molecule has 0 saturated carbocycles. The van der Waals surface area contributed by atoms with Crippen molar-refractivity contribution in [3.63, 3.8) is 0 Å². The third kappa shape index (κ3) is 3.58. The third-order valence-corrected chi connectivity index (χ3v) is 2.72. The van der Waals surface area contributed by atoms with Crippen molar-refractivity contribution in [3.05, 3.63) is 33.0 Å². The van der Waals surface area contributed by atoms with Crippen LogP contribution in [0.3, 0.4) is 0 Å².